The minimum atomic E-state index is 0.151. The van der Waals surface area contributed by atoms with Crippen LogP contribution in [0.15, 0.2) is 12.4 Å². The smallest absolute Gasteiger partial charge is 0.0640 e. The van der Waals surface area contributed by atoms with E-state index in [1.54, 1.807) is 0 Å². The summed E-state index contributed by atoms with van der Waals surface area (Å²) in [6, 6.07) is 2.14. The van der Waals surface area contributed by atoms with E-state index in [4.69, 9.17) is 5.11 Å². The van der Waals surface area contributed by atoms with Crippen LogP contribution in [0.4, 0.5) is 0 Å². The lowest BCUT2D eigenvalue weighted by atomic mass is 10.1. The highest BCUT2D eigenvalue weighted by molar-refractivity contribution is 5.06. The second-order valence-corrected chi connectivity index (χ2v) is 6.46. The van der Waals surface area contributed by atoms with Crippen molar-refractivity contribution in [2.24, 2.45) is 0 Å². The molecule has 112 valence electrons. The van der Waals surface area contributed by atoms with Gasteiger partial charge in [0.15, 0.2) is 0 Å². The van der Waals surface area contributed by atoms with Crippen molar-refractivity contribution >= 4 is 0 Å². The van der Waals surface area contributed by atoms with E-state index in [1.165, 1.54) is 31.5 Å². The SMILES string of the molecule is CC(C)N1C2CCC1CN(Cc1cnn(CCO)c1)C2. The van der Waals surface area contributed by atoms with Crippen LogP contribution in [0.3, 0.4) is 0 Å². The molecule has 3 rings (SSSR count). The van der Waals surface area contributed by atoms with Crippen molar-refractivity contribution in [2.75, 3.05) is 19.7 Å². The lowest BCUT2D eigenvalue weighted by Gasteiger charge is -2.43. The van der Waals surface area contributed by atoms with Crippen LogP contribution in [0.2, 0.25) is 0 Å². The zero-order valence-electron chi connectivity index (χ0n) is 12.6. The van der Waals surface area contributed by atoms with Crippen LogP contribution in [0.25, 0.3) is 0 Å². The Morgan fingerprint density at radius 3 is 2.60 bits per heavy atom. The van der Waals surface area contributed by atoms with Crippen molar-refractivity contribution in [2.45, 2.75) is 57.9 Å². The van der Waals surface area contributed by atoms with Crippen molar-refractivity contribution in [3.63, 3.8) is 0 Å². The van der Waals surface area contributed by atoms with Gasteiger partial charge in [-0.1, -0.05) is 0 Å². The molecule has 2 atom stereocenters. The molecule has 0 spiro atoms. The van der Waals surface area contributed by atoms with Crippen LogP contribution in [-0.2, 0) is 13.1 Å². The first kappa shape index (κ1) is 14.0. The summed E-state index contributed by atoms with van der Waals surface area (Å²) in [6.45, 7) is 8.73. The van der Waals surface area contributed by atoms with Crippen molar-refractivity contribution in [3.8, 4) is 0 Å². The van der Waals surface area contributed by atoms with Crippen molar-refractivity contribution in [3.05, 3.63) is 18.0 Å². The molecule has 2 unspecified atom stereocenters. The van der Waals surface area contributed by atoms with Gasteiger partial charge in [0.25, 0.3) is 0 Å². The number of hydrogen-bond donors (Lipinski definition) is 1. The highest BCUT2D eigenvalue weighted by atomic mass is 16.3. The van der Waals surface area contributed by atoms with Crippen LogP contribution < -0.4 is 0 Å². The van der Waals surface area contributed by atoms with Crippen molar-refractivity contribution in [1.29, 1.82) is 0 Å². The fourth-order valence-electron chi connectivity index (χ4n) is 3.97. The second kappa shape index (κ2) is 5.84. The molecule has 2 aliphatic rings. The number of fused-ring (bicyclic) bond motifs is 2. The van der Waals surface area contributed by atoms with Gasteiger partial charge < -0.3 is 5.11 Å². The molecule has 5 heteroatoms. The predicted molar refractivity (Wildman–Crippen MR) is 78.4 cm³/mol. The molecular weight excluding hydrogens is 252 g/mol. The van der Waals surface area contributed by atoms with Gasteiger partial charge in [-0.05, 0) is 26.7 Å². The van der Waals surface area contributed by atoms with Gasteiger partial charge in [-0.15, -0.1) is 0 Å². The molecule has 5 nitrogen and oxygen atoms in total. The third-order valence-corrected chi connectivity index (χ3v) is 4.63. The van der Waals surface area contributed by atoms with E-state index in [9.17, 15) is 0 Å². The highest BCUT2D eigenvalue weighted by Crippen LogP contribution is 2.32. The maximum Gasteiger partial charge on any atom is 0.0640 e. The largest absolute Gasteiger partial charge is 0.394 e. The number of aliphatic hydroxyl groups is 1. The normalized spacial score (nSPS) is 27.6. The Balaban J connectivity index is 1.60. The van der Waals surface area contributed by atoms with Gasteiger partial charge >= 0.3 is 0 Å². The Labute approximate surface area is 121 Å². The third-order valence-electron chi connectivity index (χ3n) is 4.63. The van der Waals surface area contributed by atoms with E-state index in [1.807, 2.05) is 10.9 Å². The Morgan fingerprint density at radius 1 is 1.30 bits per heavy atom. The molecule has 0 aromatic carbocycles. The van der Waals surface area contributed by atoms with Crippen LogP contribution in [0, 0.1) is 0 Å². The first-order valence-corrected chi connectivity index (χ1v) is 7.79. The second-order valence-electron chi connectivity index (χ2n) is 6.46. The Bertz CT molecular complexity index is 431. The number of likely N-dealkylation sites (tertiary alicyclic amines) is 1. The summed E-state index contributed by atoms with van der Waals surface area (Å²) < 4.78 is 1.83. The topological polar surface area (TPSA) is 44.5 Å². The van der Waals surface area contributed by atoms with Gasteiger partial charge in [0.1, 0.15) is 0 Å². The number of aliphatic hydroxyl groups excluding tert-OH is 1. The van der Waals surface area contributed by atoms with E-state index in [-0.39, 0.29) is 6.61 Å². The zero-order valence-corrected chi connectivity index (χ0v) is 12.6. The fraction of sp³-hybridized carbons (Fsp3) is 0.800. The molecular formula is C15H26N4O. The minimum Gasteiger partial charge on any atom is -0.394 e. The zero-order chi connectivity index (χ0) is 14.1. The maximum atomic E-state index is 8.93. The van der Waals surface area contributed by atoms with Crippen molar-refractivity contribution in [1.82, 2.24) is 19.6 Å². The molecule has 3 heterocycles. The Morgan fingerprint density at radius 2 is 2.00 bits per heavy atom. The van der Waals surface area contributed by atoms with Gasteiger partial charge in [-0.25, -0.2) is 0 Å². The third kappa shape index (κ3) is 2.75. The van der Waals surface area contributed by atoms with Crippen LogP contribution in [0.5, 0.6) is 0 Å². The summed E-state index contributed by atoms with van der Waals surface area (Å²) in [4.78, 5) is 5.28. The monoisotopic (exact) mass is 278 g/mol. The Kier molecular flexibility index (Phi) is 4.10. The molecule has 1 aromatic heterocycles. The molecule has 2 bridgehead atoms. The fourth-order valence-corrected chi connectivity index (χ4v) is 3.97. The average Bonchev–Trinajstić information content (AvgIpc) is 2.93. The predicted octanol–water partition coefficient (Wildman–Crippen LogP) is 0.932. The molecule has 1 aromatic rings. The Hall–Kier alpha value is -0.910. The van der Waals surface area contributed by atoms with E-state index < -0.39 is 0 Å². The van der Waals surface area contributed by atoms with E-state index in [2.05, 4.69) is 34.9 Å². The summed E-state index contributed by atoms with van der Waals surface area (Å²) in [5.74, 6) is 0. The average molecular weight is 278 g/mol. The number of hydrogen-bond acceptors (Lipinski definition) is 4. The highest BCUT2D eigenvalue weighted by Gasteiger charge is 2.40. The lowest BCUT2D eigenvalue weighted by molar-refractivity contribution is 0.0400. The first-order chi connectivity index (χ1) is 9.67. The quantitative estimate of drug-likeness (QED) is 0.870. The first-order valence-electron chi connectivity index (χ1n) is 7.79. The standard InChI is InChI=1S/C15H26N4O/c1-12(2)19-14-3-4-15(19)11-17(10-14)8-13-7-16-18(9-13)5-6-20/h7,9,12,14-15,20H,3-6,8,10-11H2,1-2H3. The summed E-state index contributed by atoms with van der Waals surface area (Å²) in [5, 5.41) is 13.2. The maximum absolute atomic E-state index is 8.93. The van der Waals surface area contributed by atoms with Gasteiger partial charge in [0.05, 0.1) is 19.3 Å². The van der Waals surface area contributed by atoms with E-state index >= 15 is 0 Å². The van der Waals surface area contributed by atoms with E-state index in [0.717, 1.165) is 18.6 Å². The molecule has 0 aliphatic carbocycles. The minimum absolute atomic E-state index is 0.151. The molecule has 20 heavy (non-hydrogen) atoms. The number of piperazine rings is 1. The number of rotatable bonds is 5. The molecule has 2 saturated heterocycles. The van der Waals surface area contributed by atoms with Gasteiger partial charge in [-0.2, -0.15) is 5.10 Å². The van der Waals surface area contributed by atoms with Gasteiger partial charge in [-0.3, -0.25) is 14.5 Å². The summed E-state index contributed by atoms with van der Waals surface area (Å²) >= 11 is 0. The van der Waals surface area contributed by atoms with Gasteiger partial charge in [0, 0.05) is 49.5 Å². The summed E-state index contributed by atoms with van der Waals surface area (Å²) in [7, 11) is 0. The molecule has 1 N–H and O–H groups in total. The van der Waals surface area contributed by atoms with Crippen LogP contribution >= 0.6 is 0 Å². The summed E-state index contributed by atoms with van der Waals surface area (Å²) in [5.41, 5.74) is 1.26. The van der Waals surface area contributed by atoms with Crippen molar-refractivity contribution < 1.29 is 5.11 Å². The molecule has 2 aliphatic heterocycles. The lowest BCUT2D eigenvalue weighted by Crippen LogP contribution is -2.55. The summed E-state index contributed by atoms with van der Waals surface area (Å²) in [6.07, 6.45) is 6.70. The number of aromatic nitrogens is 2. The molecule has 2 fully saturated rings. The molecule has 0 amide bonds. The molecule has 0 saturated carbocycles. The van der Waals surface area contributed by atoms with Crippen LogP contribution in [-0.4, -0.2) is 62.5 Å². The molecule has 0 radical (unpaired) electrons. The van der Waals surface area contributed by atoms with E-state index in [0.29, 0.717) is 12.6 Å². The number of nitrogens with zero attached hydrogens (tertiary/aromatic N) is 4. The van der Waals surface area contributed by atoms with Crippen LogP contribution in [0.1, 0.15) is 32.3 Å². The van der Waals surface area contributed by atoms with Gasteiger partial charge in [0.2, 0.25) is 0 Å².